The number of hydrogen-bond acceptors (Lipinski definition) is 3. The highest BCUT2D eigenvalue weighted by Crippen LogP contribution is 2.21. The molecule has 1 heterocycles. The van der Waals surface area contributed by atoms with Gasteiger partial charge in [0.2, 0.25) is 5.91 Å². The number of carbonyl (C=O) groups excluding carboxylic acids is 1. The number of rotatable bonds is 3. The van der Waals surface area contributed by atoms with Crippen molar-refractivity contribution in [2.75, 3.05) is 32.7 Å². The van der Waals surface area contributed by atoms with E-state index in [2.05, 4.69) is 12.2 Å². The molecule has 2 rings (SSSR count). The fourth-order valence-electron chi connectivity index (χ4n) is 2.82. The van der Waals surface area contributed by atoms with Gasteiger partial charge in [-0.15, -0.1) is 0 Å². The van der Waals surface area contributed by atoms with E-state index in [1.54, 1.807) is 0 Å². The summed E-state index contributed by atoms with van der Waals surface area (Å²) in [6, 6.07) is 0. The molecule has 0 bridgehead atoms. The molecule has 1 fully saturated rings. The Bertz CT molecular complexity index is 368. The van der Waals surface area contributed by atoms with Gasteiger partial charge >= 0.3 is 5.97 Å². The van der Waals surface area contributed by atoms with E-state index in [0.717, 1.165) is 38.8 Å². The van der Waals surface area contributed by atoms with Crippen LogP contribution in [0.4, 0.5) is 0 Å². The summed E-state index contributed by atoms with van der Waals surface area (Å²) in [5.74, 6) is -0.408. The topological polar surface area (TPSA) is 60.9 Å². The molecule has 1 saturated heterocycles. The molecule has 1 atom stereocenters. The van der Waals surface area contributed by atoms with Crippen molar-refractivity contribution >= 4 is 11.9 Å². The maximum absolute atomic E-state index is 12.4. The van der Waals surface area contributed by atoms with Crippen molar-refractivity contribution < 1.29 is 14.7 Å². The van der Waals surface area contributed by atoms with Crippen molar-refractivity contribution in [3.05, 3.63) is 12.2 Å². The monoisotopic (exact) mass is 266 g/mol. The molecular weight excluding hydrogens is 244 g/mol. The van der Waals surface area contributed by atoms with Crippen LogP contribution in [0.5, 0.6) is 0 Å². The van der Waals surface area contributed by atoms with Gasteiger partial charge in [0.15, 0.2) is 0 Å². The number of amides is 1. The van der Waals surface area contributed by atoms with Gasteiger partial charge in [-0.2, -0.15) is 0 Å². The fourth-order valence-corrected chi connectivity index (χ4v) is 2.82. The second-order valence-corrected chi connectivity index (χ2v) is 5.33. The van der Waals surface area contributed by atoms with Crippen LogP contribution >= 0.6 is 0 Å². The largest absolute Gasteiger partial charge is 0.480 e. The Labute approximate surface area is 113 Å². The number of carbonyl (C=O) groups is 2. The Morgan fingerprint density at radius 1 is 1.16 bits per heavy atom. The van der Waals surface area contributed by atoms with Gasteiger partial charge in [-0.1, -0.05) is 12.2 Å². The van der Waals surface area contributed by atoms with E-state index in [-0.39, 0.29) is 18.4 Å². The van der Waals surface area contributed by atoms with Crippen molar-refractivity contribution in [3.63, 3.8) is 0 Å². The summed E-state index contributed by atoms with van der Waals surface area (Å²) < 4.78 is 0. The maximum Gasteiger partial charge on any atom is 0.317 e. The highest BCUT2D eigenvalue weighted by molar-refractivity contribution is 5.79. The first-order valence-electron chi connectivity index (χ1n) is 7.05. The van der Waals surface area contributed by atoms with Crippen LogP contribution in [-0.2, 0) is 9.59 Å². The van der Waals surface area contributed by atoms with Crippen molar-refractivity contribution in [2.24, 2.45) is 5.92 Å². The molecule has 0 saturated carbocycles. The van der Waals surface area contributed by atoms with Crippen molar-refractivity contribution in [3.8, 4) is 0 Å². The molecule has 1 amide bonds. The minimum absolute atomic E-state index is 0.0776. The van der Waals surface area contributed by atoms with Crippen LogP contribution in [0.2, 0.25) is 0 Å². The SMILES string of the molecule is O=C(O)CN1CCCN(C(=O)C2CC=CCC2)CC1. The Balaban J connectivity index is 1.86. The van der Waals surface area contributed by atoms with Crippen LogP contribution in [0.15, 0.2) is 12.2 Å². The minimum Gasteiger partial charge on any atom is -0.480 e. The lowest BCUT2D eigenvalue weighted by atomic mass is 9.93. The number of allylic oxidation sites excluding steroid dienone is 2. The molecule has 0 aromatic carbocycles. The molecule has 5 nitrogen and oxygen atoms in total. The quantitative estimate of drug-likeness (QED) is 0.773. The third-order valence-electron chi connectivity index (χ3n) is 3.88. The molecule has 1 N–H and O–H groups in total. The molecule has 5 heteroatoms. The number of nitrogens with zero attached hydrogens (tertiary/aromatic N) is 2. The van der Waals surface area contributed by atoms with E-state index >= 15 is 0 Å². The van der Waals surface area contributed by atoms with Crippen LogP contribution in [0.1, 0.15) is 25.7 Å². The second-order valence-electron chi connectivity index (χ2n) is 5.33. The first-order chi connectivity index (χ1) is 9.16. The highest BCUT2D eigenvalue weighted by atomic mass is 16.4. The smallest absolute Gasteiger partial charge is 0.317 e. The van der Waals surface area contributed by atoms with Gasteiger partial charge in [-0.25, -0.2) is 0 Å². The van der Waals surface area contributed by atoms with Crippen LogP contribution in [-0.4, -0.2) is 59.5 Å². The lowest BCUT2D eigenvalue weighted by Crippen LogP contribution is -2.39. The van der Waals surface area contributed by atoms with E-state index < -0.39 is 5.97 Å². The molecule has 0 aromatic rings. The molecule has 0 radical (unpaired) electrons. The number of carboxylic acids is 1. The van der Waals surface area contributed by atoms with Crippen molar-refractivity contribution in [1.29, 1.82) is 0 Å². The Hall–Kier alpha value is -1.36. The summed E-state index contributed by atoms with van der Waals surface area (Å²) in [6.45, 7) is 2.93. The van der Waals surface area contributed by atoms with Gasteiger partial charge in [0.1, 0.15) is 0 Å². The van der Waals surface area contributed by atoms with Crippen LogP contribution < -0.4 is 0 Å². The fraction of sp³-hybridized carbons (Fsp3) is 0.714. The van der Waals surface area contributed by atoms with E-state index in [1.807, 2.05) is 9.80 Å². The lowest BCUT2D eigenvalue weighted by molar-refractivity contribution is -0.138. The molecule has 1 aliphatic carbocycles. The molecule has 1 unspecified atom stereocenters. The summed E-state index contributed by atoms with van der Waals surface area (Å²) in [4.78, 5) is 26.9. The van der Waals surface area contributed by atoms with Gasteiger partial charge in [-0.05, 0) is 25.7 Å². The summed E-state index contributed by atoms with van der Waals surface area (Å²) in [5.41, 5.74) is 0. The minimum atomic E-state index is -0.794. The molecule has 1 aliphatic heterocycles. The van der Waals surface area contributed by atoms with E-state index in [0.29, 0.717) is 13.1 Å². The molecule has 19 heavy (non-hydrogen) atoms. The summed E-state index contributed by atoms with van der Waals surface area (Å²) in [5, 5.41) is 8.81. The summed E-state index contributed by atoms with van der Waals surface area (Å²) in [6.07, 6.45) is 7.90. The second kappa shape index (κ2) is 6.70. The lowest BCUT2D eigenvalue weighted by Gasteiger charge is -2.26. The van der Waals surface area contributed by atoms with E-state index in [4.69, 9.17) is 5.11 Å². The summed E-state index contributed by atoms with van der Waals surface area (Å²) >= 11 is 0. The van der Waals surface area contributed by atoms with Gasteiger partial charge in [0, 0.05) is 32.1 Å². The zero-order valence-corrected chi connectivity index (χ0v) is 11.3. The number of aliphatic carboxylic acids is 1. The van der Waals surface area contributed by atoms with E-state index in [9.17, 15) is 9.59 Å². The van der Waals surface area contributed by atoms with Gasteiger partial charge in [-0.3, -0.25) is 14.5 Å². The Kier molecular flexibility index (Phi) is 4.96. The average molecular weight is 266 g/mol. The average Bonchev–Trinajstić information content (AvgIpc) is 2.64. The van der Waals surface area contributed by atoms with Crippen LogP contribution in [0.3, 0.4) is 0 Å². The first-order valence-corrected chi connectivity index (χ1v) is 7.05. The third-order valence-corrected chi connectivity index (χ3v) is 3.88. The van der Waals surface area contributed by atoms with Crippen LogP contribution in [0, 0.1) is 5.92 Å². The van der Waals surface area contributed by atoms with Gasteiger partial charge in [0.25, 0.3) is 0 Å². The van der Waals surface area contributed by atoms with Crippen molar-refractivity contribution in [1.82, 2.24) is 9.80 Å². The number of carboxylic acid groups (broad SMARTS) is 1. The predicted molar refractivity (Wildman–Crippen MR) is 71.8 cm³/mol. The normalized spacial score (nSPS) is 25.1. The Morgan fingerprint density at radius 2 is 2.00 bits per heavy atom. The maximum atomic E-state index is 12.4. The summed E-state index contributed by atoms with van der Waals surface area (Å²) in [7, 11) is 0. The zero-order chi connectivity index (χ0) is 13.7. The van der Waals surface area contributed by atoms with Gasteiger partial charge in [0.05, 0.1) is 6.54 Å². The molecular formula is C14H22N2O3. The zero-order valence-electron chi connectivity index (χ0n) is 11.3. The third kappa shape index (κ3) is 4.06. The van der Waals surface area contributed by atoms with E-state index in [1.165, 1.54) is 0 Å². The molecule has 2 aliphatic rings. The standard InChI is InChI=1S/C14H22N2O3/c17-13(18)11-15-7-4-8-16(10-9-15)14(19)12-5-2-1-3-6-12/h1-2,12H,3-11H2,(H,17,18). The first kappa shape index (κ1) is 14.1. The highest BCUT2D eigenvalue weighted by Gasteiger charge is 2.26. The predicted octanol–water partition coefficient (Wildman–Crippen LogP) is 0.962. The molecule has 0 spiro atoms. The van der Waals surface area contributed by atoms with Crippen molar-refractivity contribution in [2.45, 2.75) is 25.7 Å². The molecule has 0 aromatic heterocycles. The Morgan fingerprint density at radius 3 is 2.68 bits per heavy atom. The molecule has 106 valence electrons. The van der Waals surface area contributed by atoms with Crippen LogP contribution in [0.25, 0.3) is 0 Å². The van der Waals surface area contributed by atoms with Gasteiger partial charge < -0.3 is 10.0 Å². The number of hydrogen-bond donors (Lipinski definition) is 1.